The van der Waals surface area contributed by atoms with Crippen LogP contribution in [0.15, 0.2) is 255 Å². The minimum Gasteiger partial charge on any atom is -0.309 e. The van der Waals surface area contributed by atoms with Gasteiger partial charge in [-0.2, -0.15) is 5.10 Å². The van der Waals surface area contributed by atoms with Crippen molar-refractivity contribution in [2.75, 3.05) is 0 Å². The van der Waals surface area contributed by atoms with Crippen molar-refractivity contribution >= 4 is 59.9 Å². The van der Waals surface area contributed by atoms with Crippen molar-refractivity contribution < 1.29 is 0 Å². The molecule has 4 heterocycles. The summed E-state index contributed by atoms with van der Waals surface area (Å²) in [7, 11) is 0. The Morgan fingerprint density at radius 2 is 0.667 bits per heavy atom. The lowest BCUT2D eigenvalue weighted by atomic mass is 9.90. The fraction of sp³-hybridized carbons (Fsp3) is 0. The van der Waals surface area contributed by atoms with Gasteiger partial charge in [0.05, 0.1) is 33.3 Å². The summed E-state index contributed by atoms with van der Waals surface area (Å²) >= 11 is 0. The second kappa shape index (κ2) is 15.7. The number of fused-ring (bicyclic) bond motifs is 9. The van der Waals surface area contributed by atoms with Gasteiger partial charge in [-0.25, -0.2) is 4.52 Å². The lowest BCUT2D eigenvalue weighted by Gasteiger charge is -2.19. The van der Waals surface area contributed by atoms with E-state index in [9.17, 15) is 0 Å². The van der Waals surface area contributed by atoms with Crippen molar-refractivity contribution in [2.45, 2.75) is 0 Å². The molecule has 69 heavy (non-hydrogen) atoms. The van der Waals surface area contributed by atoms with Crippen molar-refractivity contribution in [1.82, 2.24) is 18.7 Å². The van der Waals surface area contributed by atoms with Crippen molar-refractivity contribution in [1.29, 1.82) is 0 Å². The third kappa shape index (κ3) is 6.13. The van der Waals surface area contributed by atoms with Crippen LogP contribution in [0.3, 0.4) is 0 Å². The maximum atomic E-state index is 5.64. The van der Waals surface area contributed by atoms with Crippen molar-refractivity contribution in [2.24, 2.45) is 0 Å². The Labute approximate surface area is 398 Å². The third-order valence-corrected chi connectivity index (χ3v) is 14.0. The first kappa shape index (κ1) is 39.0. The van der Waals surface area contributed by atoms with Crippen LogP contribution in [0.1, 0.15) is 0 Å². The average Bonchev–Trinajstić information content (AvgIpc) is 4.10. The van der Waals surface area contributed by atoms with Gasteiger partial charge in [0.25, 0.3) is 0 Å². The molecule has 4 aromatic heterocycles. The third-order valence-electron chi connectivity index (χ3n) is 14.0. The summed E-state index contributed by atoms with van der Waals surface area (Å²) in [5.41, 5.74) is 18.9. The molecule has 0 atom stereocenters. The van der Waals surface area contributed by atoms with Gasteiger partial charge in [-0.05, 0) is 76.2 Å². The first-order valence-electron chi connectivity index (χ1n) is 23.6. The van der Waals surface area contributed by atoms with E-state index in [1.54, 1.807) is 0 Å². The molecule has 14 rings (SSSR count). The molecule has 0 aliphatic heterocycles. The van der Waals surface area contributed by atoms with Gasteiger partial charge in [0.15, 0.2) is 0 Å². The summed E-state index contributed by atoms with van der Waals surface area (Å²) in [5.74, 6) is 0. The number of para-hydroxylation sites is 4. The van der Waals surface area contributed by atoms with Crippen LogP contribution >= 0.6 is 0 Å². The highest BCUT2D eigenvalue weighted by Gasteiger charge is 2.26. The number of aromatic nitrogens is 4. The predicted octanol–water partition coefficient (Wildman–Crippen LogP) is 17.0. The largest absolute Gasteiger partial charge is 0.309 e. The van der Waals surface area contributed by atoms with Crippen LogP contribution in [0.5, 0.6) is 0 Å². The molecule has 14 aromatic rings. The van der Waals surface area contributed by atoms with E-state index >= 15 is 0 Å². The molecule has 0 unspecified atom stereocenters. The van der Waals surface area contributed by atoms with Crippen LogP contribution in [0.4, 0.5) is 0 Å². The molecule has 10 aromatic carbocycles. The highest BCUT2D eigenvalue weighted by Crippen LogP contribution is 2.47. The van der Waals surface area contributed by atoms with Crippen LogP contribution in [-0.4, -0.2) is 18.7 Å². The molecule has 4 heteroatoms. The molecule has 0 N–H and O–H groups in total. The standard InChI is InChI=1S/C65H42N4/c1-4-21-43(22-5-1)62-63(44-23-6-2-7-24-44)66-69-64(45-25-8-3-9-26-45)61(55-33-10-11-34-56(55)65(62)69)47-28-20-27-46(39-47)48-40-49(67-57-35-16-12-29-51(57)52-30-13-17-36-58(52)67)42-50(41-48)68-59-37-18-14-31-53(59)54-32-15-19-38-60(54)68/h1-42H. The van der Waals surface area contributed by atoms with Crippen molar-refractivity contribution in [3.63, 3.8) is 0 Å². The molecule has 0 bridgehead atoms. The monoisotopic (exact) mass is 878 g/mol. The van der Waals surface area contributed by atoms with Gasteiger partial charge in [0, 0.05) is 60.6 Å². The number of pyridine rings is 1. The Balaban J connectivity index is 1.07. The van der Waals surface area contributed by atoms with Crippen molar-refractivity contribution in [3.05, 3.63) is 255 Å². The minimum atomic E-state index is 0.953. The van der Waals surface area contributed by atoms with Crippen LogP contribution in [-0.2, 0) is 0 Å². The van der Waals surface area contributed by atoms with Gasteiger partial charge < -0.3 is 9.13 Å². The Morgan fingerprint density at radius 1 is 0.261 bits per heavy atom. The van der Waals surface area contributed by atoms with Crippen LogP contribution in [0, 0.1) is 0 Å². The second-order valence-electron chi connectivity index (χ2n) is 17.9. The Morgan fingerprint density at radius 3 is 1.19 bits per heavy atom. The lowest BCUT2D eigenvalue weighted by molar-refractivity contribution is 0.981. The zero-order chi connectivity index (χ0) is 45.4. The smallest absolute Gasteiger partial charge is 0.101 e. The summed E-state index contributed by atoms with van der Waals surface area (Å²) in [6.07, 6.45) is 0. The summed E-state index contributed by atoms with van der Waals surface area (Å²) in [6.45, 7) is 0. The lowest BCUT2D eigenvalue weighted by Crippen LogP contribution is -2.01. The van der Waals surface area contributed by atoms with Crippen LogP contribution < -0.4 is 0 Å². The second-order valence-corrected chi connectivity index (χ2v) is 17.9. The molecule has 0 spiro atoms. The highest BCUT2D eigenvalue weighted by atomic mass is 15.2. The molecule has 0 saturated heterocycles. The molecule has 4 nitrogen and oxygen atoms in total. The molecular weight excluding hydrogens is 837 g/mol. The number of hydrogen-bond acceptors (Lipinski definition) is 1. The Kier molecular flexibility index (Phi) is 8.86. The molecule has 0 aliphatic rings. The zero-order valence-corrected chi connectivity index (χ0v) is 37.5. The molecule has 0 radical (unpaired) electrons. The maximum Gasteiger partial charge on any atom is 0.101 e. The van der Waals surface area contributed by atoms with Crippen molar-refractivity contribution in [3.8, 4) is 67.3 Å². The minimum absolute atomic E-state index is 0.953. The molecular formula is C65H42N4. The molecule has 0 fully saturated rings. The van der Waals surface area contributed by atoms with E-state index in [0.29, 0.717) is 0 Å². The van der Waals surface area contributed by atoms with Gasteiger partial charge in [0.2, 0.25) is 0 Å². The van der Waals surface area contributed by atoms with Gasteiger partial charge in [-0.1, -0.05) is 206 Å². The van der Waals surface area contributed by atoms with E-state index in [4.69, 9.17) is 5.10 Å². The van der Waals surface area contributed by atoms with E-state index in [1.807, 2.05) is 0 Å². The normalized spacial score (nSPS) is 11.8. The number of rotatable bonds is 7. The van der Waals surface area contributed by atoms with Crippen LogP contribution in [0.2, 0.25) is 0 Å². The summed E-state index contributed by atoms with van der Waals surface area (Å²) in [4.78, 5) is 0. The van der Waals surface area contributed by atoms with E-state index < -0.39 is 0 Å². The predicted molar refractivity (Wildman–Crippen MR) is 289 cm³/mol. The van der Waals surface area contributed by atoms with Gasteiger partial charge >= 0.3 is 0 Å². The van der Waals surface area contributed by atoms with Crippen LogP contribution in [0.25, 0.3) is 127 Å². The highest BCUT2D eigenvalue weighted by molar-refractivity contribution is 6.15. The number of nitrogens with zero attached hydrogens (tertiary/aromatic N) is 4. The average molecular weight is 879 g/mol. The number of hydrogen-bond donors (Lipinski definition) is 0. The SMILES string of the molecule is c1ccc(-c2nn3c(-c4ccccc4)c(-c4cccc(-c5cc(-n6c7ccccc7c7ccccc76)cc(-n6c7ccccc7c7ccccc76)c5)c4)c4ccccc4c3c2-c2ccccc2)cc1. The van der Waals surface area contributed by atoms with Gasteiger partial charge in [-0.15, -0.1) is 0 Å². The van der Waals surface area contributed by atoms with E-state index in [-0.39, 0.29) is 0 Å². The molecule has 0 amide bonds. The topological polar surface area (TPSA) is 27.2 Å². The maximum absolute atomic E-state index is 5.64. The fourth-order valence-electron chi connectivity index (χ4n) is 11.1. The first-order chi connectivity index (χ1) is 34.3. The molecule has 0 aliphatic carbocycles. The zero-order valence-electron chi connectivity index (χ0n) is 37.5. The number of benzene rings is 10. The summed E-state index contributed by atoms with van der Waals surface area (Å²) in [5, 5.41) is 12.9. The Bertz CT molecular complexity index is 4050. The molecule has 322 valence electrons. The van der Waals surface area contributed by atoms with E-state index in [1.165, 1.54) is 49.0 Å². The van der Waals surface area contributed by atoms with E-state index in [0.717, 1.165) is 78.2 Å². The Hall–Kier alpha value is -9.25. The van der Waals surface area contributed by atoms with Gasteiger partial charge in [-0.3, -0.25) is 0 Å². The fourth-order valence-corrected chi connectivity index (χ4v) is 11.1. The molecule has 0 saturated carbocycles. The van der Waals surface area contributed by atoms with Gasteiger partial charge in [0.1, 0.15) is 5.69 Å². The quantitative estimate of drug-likeness (QED) is 0.157. The van der Waals surface area contributed by atoms with E-state index in [2.05, 4.69) is 268 Å². The first-order valence-corrected chi connectivity index (χ1v) is 23.6. The summed E-state index contributed by atoms with van der Waals surface area (Å²) < 4.78 is 7.11. The summed E-state index contributed by atoms with van der Waals surface area (Å²) in [6, 6.07) is 92.4.